The SMILES string of the molecule is CC(C)(C)C(=O)/C=C(\O)C(C)(C)C.[Ir].[c-]1c(CC2CCCCC2)cc(CC2CCCCC2)cc1-c1nccc2c1ccc1c3ccccc3ccc21. The summed E-state index contributed by atoms with van der Waals surface area (Å²) in [7, 11) is 0. The number of nitrogens with zero attached hydrogens (tertiary/aromatic N) is 1. The smallest absolute Gasteiger partial charge is 0.164 e. The summed E-state index contributed by atoms with van der Waals surface area (Å²) >= 11 is 0. The van der Waals surface area contributed by atoms with Crippen molar-refractivity contribution in [1.29, 1.82) is 0 Å². The van der Waals surface area contributed by atoms with Gasteiger partial charge in [0.2, 0.25) is 0 Å². The Hall–Kier alpha value is -3.33. The van der Waals surface area contributed by atoms with Gasteiger partial charge in [0.15, 0.2) is 5.78 Å². The van der Waals surface area contributed by atoms with Crippen molar-refractivity contribution in [3.05, 3.63) is 102 Å². The average Bonchev–Trinajstić information content (AvgIpc) is 3.11. The van der Waals surface area contributed by atoms with Crippen LogP contribution >= 0.6 is 0 Å². The van der Waals surface area contributed by atoms with Gasteiger partial charge >= 0.3 is 0 Å². The van der Waals surface area contributed by atoms with E-state index in [9.17, 15) is 9.90 Å². The van der Waals surface area contributed by atoms with Gasteiger partial charge in [0.1, 0.15) is 5.76 Å². The van der Waals surface area contributed by atoms with Crippen LogP contribution in [-0.4, -0.2) is 15.9 Å². The molecule has 7 rings (SSSR count). The first-order chi connectivity index (χ1) is 24.4. The molecule has 1 heterocycles. The molecule has 277 valence electrons. The van der Waals surface area contributed by atoms with Gasteiger partial charge in [-0.15, -0.1) is 34.9 Å². The minimum atomic E-state index is -0.417. The standard InChI is InChI=1S/C37H38N.C11H20O2.Ir/c1-3-9-26(10-4-1)21-28-23-29(22-27-11-5-2-6-12-27)25-31(24-28)37-36-18-17-33-32-14-8-7-13-30(32)15-16-34(33)35(36)19-20-38-37;1-10(2,3)8(12)7-9(13)11(4,5)6;/h7-8,13-20,23-24,26-27H,1-6,9-12,21-22H2;7,12H,1-6H3;/q-1;;/b;8-7-;. The molecule has 0 unspecified atom stereocenters. The third-order valence-electron chi connectivity index (χ3n) is 11.2. The number of carbonyl (C=O) groups excluding carboxylic acids is 1. The molecule has 2 aliphatic carbocycles. The molecule has 0 bridgehead atoms. The molecule has 1 radical (unpaired) electrons. The Bertz CT molecular complexity index is 1980. The predicted octanol–water partition coefficient (Wildman–Crippen LogP) is 13.3. The Morgan fingerprint density at radius 1 is 0.712 bits per heavy atom. The number of fused-ring (bicyclic) bond motifs is 5. The van der Waals surface area contributed by atoms with E-state index in [4.69, 9.17) is 4.98 Å². The van der Waals surface area contributed by atoms with Crippen LogP contribution in [0.15, 0.2) is 84.8 Å². The molecule has 4 heteroatoms. The summed E-state index contributed by atoms with van der Waals surface area (Å²) in [5.74, 6) is 1.75. The maximum Gasteiger partial charge on any atom is 0.164 e. The molecule has 2 aliphatic rings. The number of benzene rings is 4. The van der Waals surface area contributed by atoms with Crippen molar-refractivity contribution < 1.29 is 30.0 Å². The number of pyridine rings is 1. The summed E-state index contributed by atoms with van der Waals surface area (Å²) in [6.45, 7) is 11.1. The quantitative estimate of drug-likeness (QED) is 0.0800. The fourth-order valence-corrected chi connectivity index (χ4v) is 8.00. The predicted molar refractivity (Wildman–Crippen MR) is 216 cm³/mol. The van der Waals surface area contributed by atoms with Crippen LogP contribution < -0.4 is 0 Å². The zero-order chi connectivity index (χ0) is 36.2. The van der Waals surface area contributed by atoms with Crippen LogP contribution in [0.4, 0.5) is 0 Å². The van der Waals surface area contributed by atoms with Crippen LogP contribution in [0.3, 0.4) is 0 Å². The minimum absolute atomic E-state index is 0. The number of allylic oxidation sites excluding steroid dienone is 2. The Morgan fingerprint density at radius 3 is 1.94 bits per heavy atom. The number of hydrogen-bond donors (Lipinski definition) is 1. The molecule has 0 aliphatic heterocycles. The van der Waals surface area contributed by atoms with E-state index in [0.717, 1.165) is 17.5 Å². The largest absolute Gasteiger partial charge is 0.512 e. The van der Waals surface area contributed by atoms with E-state index in [-0.39, 0.29) is 37.1 Å². The van der Waals surface area contributed by atoms with Gasteiger partial charge < -0.3 is 10.1 Å². The first kappa shape index (κ1) is 39.9. The fraction of sp³-hybridized carbons (Fsp3) is 0.458. The summed E-state index contributed by atoms with van der Waals surface area (Å²) in [5, 5.41) is 17.3. The van der Waals surface area contributed by atoms with Crippen molar-refractivity contribution in [1.82, 2.24) is 4.98 Å². The first-order valence-corrected chi connectivity index (χ1v) is 19.6. The summed E-state index contributed by atoms with van der Waals surface area (Å²) in [5.41, 5.74) is 4.43. The average molecular weight is 873 g/mol. The molecule has 1 aromatic heterocycles. The molecular weight excluding hydrogens is 815 g/mol. The molecule has 0 spiro atoms. The molecule has 0 atom stereocenters. The Labute approximate surface area is 326 Å². The molecule has 4 aromatic carbocycles. The summed E-state index contributed by atoms with van der Waals surface area (Å²) in [6, 6.07) is 28.9. The van der Waals surface area contributed by atoms with Crippen molar-refractivity contribution in [3.8, 4) is 11.3 Å². The second kappa shape index (κ2) is 17.2. The molecule has 0 saturated heterocycles. The van der Waals surface area contributed by atoms with Crippen LogP contribution in [0.2, 0.25) is 0 Å². The zero-order valence-electron chi connectivity index (χ0n) is 32.3. The molecule has 1 N–H and O–H groups in total. The van der Waals surface area contributed by atoms with Gasteiger partial charge in [0.05, 0.1) is 0 Å². The Morgan fingerprint density at radius 2 is 1.29 bits per heavy atom. The van der Waals surface area contributed by atoms with Gasteiger partial charge in [-0.1, -0.05) is 154 Å². The van der Waals surface area contributed by atoms with Crippen molar-refractivity contribution >= 4 is 38.1 Å². The number of aromatic nitrogens is 1. The second-order valence-corrected chi connectivity index (χ2v) is 17.4. The summed E-state index contributed by atoms with van der Waals surface area (Å²) in [4.78, 5) is 16.5. The first-order valence-electron chi connectivity index (χ1n) is 19.6. The summed E-state index contributed by atoms with van der Waals surface area (Å²) < 4.78 is 0. The number of aliphatic hydroxyl groups excluding tert-OH is 1. The van der Waals surface area contributed by atoms with Gasteiger partial charge in [-0.25, -0.2) is 0 Å². The van der Waals surface area contributed by atoms with E-state index < -0.39 is 5.41 Å². The van der Waals surface area contributed by atoms with Gasteiger partial charge in [-0.2, -0.15) is 0 Å². The third-order valence-corrected chi connectivity index (χ3v) is 11.2. The van der Waals surface area contributed by atoms with E-state index in [1.165, 1.54) is 132 Å². The molecular formula is C48H58IrNO2-. The van der Waals surface area contributed by atoms with Gasteiger partial charge in [-0.3, -0.25) is 4.79 Å². The van der Waals surface area contributed by atoms with Gasteiger partial charge in [0, 0.05) is 43.2 Å². The van der Waals surface area contributed by atoms with Crippen molar-refractivity contribution in [2.45, 2.75) is 119 Å². The third kappa shape index (κ3) is 9.80. The summed E-state index contributed by atoms with van der Waals surface area (Å²) in [6.07, 6.45) is 19.7. The van der Waals surface area contributed by atoms with Crippen molar-refractivity contribution in [3.63, 3.8) is 0 Å². The number of carbonyl (C=O) groups is 1. The minimum Gasteiger partial charge on any atom is -0.512 e. The van der Waals surface area contributed by atoms with E-state index in [1.807, 2.05) is 47.7 Å². The normalized spacial score (nSPS) is 16.4. The van der Waals surface area contributed by atoms with Crippen LogP contribution in [0, 0.1) is 28.7 Å². The molecule has 2 fully saturated rings. The van der Waals surface area contributed by atoms with E-state index in [1.54, 1.807) is 0 Å². The zero-order valence-corrected chi connectivity index (χ0v) is 34.7. The van der Waals surface area contributed by atoms with E-state index in [0.29, 0.717) is 0 Å². The molecule has 0 amide bonds. The van der Waals surface area contributed by atoms with Gasteiger partial charge in [0.25, 0.3) is 0 Å². The second-order valence-electron chi connectivity index (χ2n) is 17.4. The monoisotopic (exact) mass is 873 g/mol. The fourth-order valence-electron chi connectivity index (χ4n) is 8.00. The molecule has 5 aromatic rings. The number of aliphatic hydroxyl groups is 1. The van der Waals surface area contributed by atoms with E-state index >= 15 is 0 Å². The number of rotatable bonds is 6. The molecule has 2 saturated carbocycles. The van der Waals surface area contributed by atoms with Crippen LogP contribution in [0.1, 0.15) is 117 Å². The topological polar surface area (TPSA) is 50.2 Å². The number of ketones is 1. The maximum absolute atomic E-state index is 11.5. The Balaban J connectivity index is 0.000000322. The van der Waals surface area contributed by atoms with Gasteiger partial charge in [-0.05, 0) is 68.8 Å². The maximum atomic E-state index is 11.5. The number of hydrogen-bond acceptors (Lipinski definition) is 3. The van der Waals surface area contributed by atoms with Crippen LogP contribution in [0.25, 0.3) is 43.6 Å². The van der Waals surface area contributed by atoms with Crippen LogP contribution in [0.5, 0.6) is 0 Å². The van der Waals surface area contributed by atoms with E-state index in [2.05, 4.69) is 72.8 Å². The van der Waals surface area contributed by atoms with Crippen molar-refractivity contribution in [2.75, 3.05) is 0 Å². The van der Waals surface area contributed by atoms with Crippen LogP contribution in [-0.2, 0) is 37.7 Å². The molecule has 3 nitrogen and oxygen atoms in total. The Kier molecular flexibility index (Phi) is 13.2. The van der Waals surface area contributed by atoms with Crippen molar-refractivity contribution in [2.24, 2.45) is 22.7 Å². The molecule has 52 heavy (non-hydrogen) atoms.